The van der Waals surface area contributed by atoms with E-state index in [1.165, 1.54) is 5.56 Å². The van der Waals surface area contributed by atoms with E-state index in [9.17, 15) is 9.59 Å². The predicted molar refractivity (Wildman–Crippen MR) is 141 cm³/mol. The molecule has 1 fully saturated rings. The summed E-state index contributed by atoms with van der Waals surface area (Å²) in [6.45, 7) is 4.85. The maximum absolute atomic E-state index is 13.7. The zero-order valence-electron chi connectivity index (χ0n) is 20.6. The third-order valence-electron chi connectivity index (χ3n) is 6.83. The molecule has 0 bridgehead atoms. The molecule has 0 atom stereocenters. The van der Waals surface area contributed by atoms with Crippen molar-refractivity contribution < 1.29 is 9.59 Å². The minimum atomic E-state index is -0.0357. The van der Waals surface area contributed by atoms with Gasteiger partial charge in [-0.1, -0.05) is 60.7 Å². The Morgan fingerprint density at radius 2 is 1.56 bits per heavy atom. The number of rotatable bonds is 7. The average Bonchev–Trinajstić information content (AvgIpc) is 3.36. The SMILES string of the molecule is CCn1ncc2c(C(=O)N3CCN(C(=O)CCCc4ccccc4)CC3)cc(-c3ccccc3)nc21. The summed E-state index contributed by atoms with van der Waals surface area (Å²) >= 11 is 0. The van der Waals surface area contributed by atoms with Crippen LogP contribution in [0.2, 0.25) is 0 Å². The lowest BCUT2D eigenvalue weighted by Crippen LogP contribution is -2.50. The van der Waals surface area contributed by atoms with Crippen LogP contribution in [0.4, 0.5) is 0 Å². The standard InChI is InChI=1S/C29H31N5O2/c1-2-34-28-25(21-30-34)24(20-26(31-28)23-13-7-4-8-14-23)29(36)33-18-16-32(17-19-33)27(35)15-9-12-22-10-5-3-6-11-22/h3-8,10-11,13-14,20-21H,2,9,12,15-19H2,1H3. The second-order valence-electron chi connectivity index (χ2n) is 9.13. The molecular formula is C29H31N5O2. The summed E-state index contributed by atoms with van der Waals surface area (Å²) in [4.78, 5) is 35.0. The molecule has 7 nitrogen and oxygen atoms in total. The van der Waals surface area contributed by atoms with E-state index < -0.39 is 0 Å². The van der Waals surface area contributed by atoms with Crippen LogP contribution >= 0.6 is 0 Å². The first-order valence-corrected chi connectivity index (χ1v) is 12.7. The van der Waals surface area contributed by atoms with E-state index in [0.29, 0.717) is 44.7 Å². The predicted octanol–water partition coefficient (Wildman–Crippen LogP) is 4.43. The van der Waals surface area contributed by atoms with Crippen LogP contribution in [0.3, 0.4) is 0 Å². The fraction of sp³-hybridized carbons (Fsp3) is 0.310. The van der Waals surface area contributed by atoms with Crippen molar-refractivity contribution in [3.8, 4) is 11.3 Å². The van der Waals surface area contributed by atoms with Gasteiger partial charge in [0.25, 0.3) is 5.91 Å². The van der Waals surface area contributed by atoms with E-state index in [2.05, 4.69) is 17.2 Å². The van der Waals surface area contributed by atoms with Gasteiger partial charge in [-0.2, -0.15) is 5.10 Å². The summed E-state index contributed by atoms with van der Waals surface area (Å²) in [7, 11) is 0. The molecule has 3 heterocycles. The number of nitrogens with zero attached hydrogens (tertiary/aromatic N) is 5. The number of carbonyl (C=O) groups is 2. The van der Waals surface area contributed by atoms with Gasteiger partial charge in [0.1, 0.15) is 0 Å². The molecule has 0 saturated carbocycles. The number of fused-ring (bicyclic) bond motifs is 1. The highest BCUT2D eigenvalue weighted by molar-refractivity contribution is 6.06. The molecule has 0 spiro atoms. The number of aryl methyl sites for hydroxylation is 2. The van der Waals surface area contributed by atoms with Crippen LogP contribution in [-0.2, 0) is 17.8 Å². The van der Waals surface area contributed by atoms with E-state index in [0.717, 1.165) is 35.1 Å². The Balaban J connectivity index is 1.27. The van der Waals surface area contributed by atoms with E-state index in [-0.39, 0.29) is 11.8 Å². The first kappa shape index (κ1) is 23.7. The molecule has 7 heteroatoms. The molecule has 5 rings (SSSR count). The Kier molecular flexibility index (Phi) is 7.07. The highest BCUT2D eigenvalue weighted by Gasteiger charge is 2.27. The Hall–Kier alpha value is -4.00. The molecule has 0 radical (unpaired) electrons. The van der Waals surface area contributed by atoms with Gasteiger partial charge < -0.3 is 9.80 Å². The van der Waals surface area contributed by atoms with Gasteiger partial charge in [0.05, 0.1) is 22.8 Å². The Morgan fingerprint density at radius 3 is 2.25 bits per heavy atom. The van der Waals surface area contributed by atoms with Crippen LogP contribution in [0, 0.1) is 0 Å². The molecule has 1 aliphatic rings. The Labute approximate surface area is 211 Å². The second-order valence-corrected chi connectivity index (χ2v) is 9.13. The molecule has 0 aliphatic carbocycles. The lowest BCUT2D eigenvalue weighted by Gasteiger charge is -2.35. The maximum Gasteiger partial charge on any atom is 0.254 e. The van der Waals surface area contributed by atoms with E-state index in [4.69, 9.17) is 4.98 Å². The van der Waals surface area contributed by atoms with Gasteiger partial charge in [-0.15, -0.1) is 0 Å². The van der Waals surface area contributed by atoms with Gasteiger partial charge in [0.2, 0.25) is 5.91 Å². The highest BCUT2D eigenvalue weighted by Crippen LogP contribution is 2.26. The number of aromatic nitrogens is 3. The molecule has 2 aromatic heterocycles. The molecule has 184 valence electrons. The van der Waals surface area contributed by atoms with Crippen LogP contribution in [0.5, 0.6) is 0 Å². The molecule has 0 unspecified atom stereocenters. The summed E-state index contributed by atoms with van der Waals surface area (Å²) < 4.78 is 1.82. The largest absolute Gasteiger partial charge is 0.339 e. The minimum Gasteiger partial charge on any atom is -0.339 e. The lowest BCUT2D eigenvalue weighted by molar-refractivity contribution is -0.132. The zero-order valence-corrected chi connectivity index (χ0v) is 20.6. The van der Waals surface area contributed by atoms with Gasteiger partial charge in [-0.05, 0) is 31.4 Å². The van der Waals surface area contributed by atoms with E-state index in [1.54, 1.807) is 6.20 Å². The molecule has 2 amide bonds. The van der Waals surface area contributed by atoms with Crippen molar-refractivity contribution in [3.05, 3.63) is 84.1 Å². The van der Waals surface area contributed by atoms with Crippen molar-refractivity contribution in [3.63, 3.8) is 0 Å². The highest BCUT2D eigenvalue weighted by atomic mass is 16.2. The molecule has 1 aliphatic heterocycles. The second kappa shape index (κ2) is 10.7. The van der Waals surface area contributed by atoms with E-state index >= 15 is 0 Å². The number of benzene rings is 2. The molecular weight excluding hydrogens is 450 g/mol. The molecule has 36 heavy (non-hydrogen) atoms. The fourth-order valence-corrected chi connectivity index (χ4v) is 4.79. The van der Waals surface area contributed by atoms with Crippen molar-refractivity contribution in [1.82, 2.24) is 24.6 Å². The molecule has 4 aromatic rings. The van der Waals surface area contributed by atoms with E-state index in [1.807, 2.05) is 76.0 Å². The van der Waals surface area contributed by atoms with Gasteiger partial charge >= 0.3 is 0 Å². The maximum atomic E-state index is 13.7. The van der Waals surface area contributed by atoms with Crippen molar-refractivity contribution in [2.24, 2.45) is 0 Å². The van der Waals surface area contributed by atoms with Crippen LogP contribution in [0.15, 0.2) is 72.9 Å². The zero-order chi connectivity index (χ0) is 24.9. The summed E-state index contributed by atoms with van der Waals surface area (Å²) in [5, 5.41) is 5.22. The lowest BCUT2D eigenvalue weighted by atomic mass is 10.1. The van der Waals surface area contributed by atoms with Gasteiger partial charge in [-0.3, -0.25) is 9.59 Å². The normalized spacial score (nSPS) is 13.8. The van der Waals surface area contributed by atoms with Crippen LogP contribution < -0.4 is 0 Å². The van der Waals surface area contributed by atoms with Crippen molar-refractivity contribution in [2.45, 2.75) is 32.7 Å². The average molecular weight is 482 g/mol. The summed E-state index contributed by atoms with van der Waals surface area (Å²) in [5.74, 6) is 0.131. The third-order valence-corrected chi connectivity index (χ3v) is 6.83. The monoisotopic (exact) mass is 481 g/mol. The summed E-state index contributed by atoms with van der Waals surface area (Å²) in [5.41, 5.74) is 4.30. The first-order chi connectivity index (χ1) is 17.6. The molecule has 1 saturated heterocycles. The van der Waals surface area contributed by atoms with Crippen molar-refractivity contribution in [2.75, 3.05) is 26.2 Å². The van der Waals surface area contributed by atoms with Gasteiger partial charge in [0.15, 0.2) is 5.65 Å². The Morgan fingerprint density at radius 1 is 0.889 bits per heavy atom. The number of hydrogen-bond acceptors (Lipinski definition) is 4. The van der Waals surface area contributed by atoms with Crippen LogP contribution in [0.1, 0.15) is 35.7 Å². The number of pyridine rings is 1. The fourth-order valence-electron chi connectivity index (χ4n) is 4.79. The third kappa shape index (κ3) is 5.00. The summed E-state index contributed by atoms with van der Waals surface area (Å²) in [6.07, 6.45) is 4.00. The number of piperazine rings is 1. The topological polar surface area (TPSA) is 71.3 Å². The van der Waals surface area contributed by atoms with Gasteiger partial charge in [0, 0.05) is 44.7 Å². The number of carbonyl (C=O) groups excluding carboxylic acids is 2. The summed E-state index contributed by atoms with van der Waals surface area (Å²) in [6, 6.07) is 22.0. The van der Waals surface area contributed by atoms with Crippen LogP contribution in [-0.4, -0.2) is 62.6 Å². The van der Waals surface area contributed by atoms with Crippen molar-refractivity contribution >= 4 is 22.8 Å². The van der Waals surface area contributed by atoms with Crippen LogP contribution in [0.25, 0.3) is 22.3 Å². The van der Waals surface area contributed by atoms with Crippen molar-refractivity contribution in [1.29, 1.82) is 0 Å². The quantitative estimate of drug-likeness (QED) is 0.392. The minimum absolute atomic E-state index is 0.0357. The first-order valence-electron chi connectivity index (χ1n) is 12.7. The number of hydrogen-bond donors (Lipinski definition) is 0. The smallest absolute Gasteiger partial charge is 0.254 e. The molecule has 2 aromatic carbocycles. The molecule has 0 N–H and O–H groups in total. The van der Waals surface area contributed by atoms with Gasteiger partial charge in [-0.25, -0.2) is 9.67 Å². The number of amides is 2. The Bertz CT molecular complexity index is 1340.